The number of nitrogens with one attached hydrogen (secondary N) is 1. The topological polar surface area (TPSA) is 93.5 Å². The Morgan fingerprint density at radius 3 is 2.56 bits per heavy atom. The standard InChI is InChI=1S/C25H28ClFN4O4S/c1-15-21-12-22(25(32)29-36(33,34)20-3-4-20)23(27)13-24(21)31(28-15)18-5-7-30(8-6-18)14-16-9-17(26)11-19(10-16)35-2/h9-13,18,20H,3-8,14H2,1-2H3,(H,29,32). The van der Waals surface area contributed by atoms with E-state index in [2.05, 4.69) is 10.00 Å². The van der Waals surface area contributed by atoms with Crippen LogP contribution in [0, 0.1) is 12.7 Å². The van der Waals surface area contributed by atoms with Gasteiger partial charge in [0, 0.05) is 36.1 Å². The number of ether oxygens (including phenoxy) is 1. The summed E-state index contributed by atoms with van der Waals surface area (Å²) in [6.45, 7) is 4.23. The molecule has 2 heterocycles. The average molecular weight is 535 g/mol. The molecule has 192 valence electrons. The average Bonchev–Trinajstić information content (AvgIpc) is 3.64. The number of nitrogens with zero attached hydrogens (tertiary/aromatic N) is 3. The van der Waals surface area contributed by atoms with Crippen molar-refractivity contribution in [1.82, 2.24) is 19.4 Å². The SMILES string of the molecule is COc1cc(Cl)cc(CN2CCC(n3nc(C)c4cc(C(=O)NS(=O)(=O)C5CC5)c(F)cc43)CC2)c1. The van der Waals surface area contributed by atoms with Crippen LogP contribution in [0.4, 0.5) is 4.39 Å². The Morgan fingerprint density at radius 2 is 1.89 bits per heavy atom. The minimum absolute atomic E-state index is 0.0840. The van der Waals surface area contributed by atoms with Crippen LogP contribution in [0.25, 0.3) is 10.9 Å². The molecular formula is C25H28ClFN4O4S. The molecule has 2 fully saturated rings. The zero-order chi connectivity index (χ0) is 25.6. The number of fused-ring (bicyclic) bond motifs is 1. The fourth-order valence-electron chi connectivity index (χ4n) is 4.82. The third kappa shape index (κ3) is 5.07. The van der Waals surface area contributed by atoms with E-state index < -0.39 is 27.0 Å². The molecule has 1 saturated heterocycles. The third-order valence-electron chi connectivity index (χ3n) is 6.90. The highest BCUT2D eigenvalue weighted by atomic mass is 35.5. The van der Waals surface area contributed by atoms with E-state index in [4.69, 9.17) is 16.3 Å². The normalized spacial score (nSPS) is 17.4. The number of rotatable bonds is 7. The number of aryl methyl sites for hydroxylation is 1. The van der Waals surface area contributed by atoms with E-state index in [0.29, 0.717) is 34.5 Å². The third-order valence-corrected chi connectivity index (χ3v) is 8.94. The number of halogens is 2. The molecule has 0 spiro atoms. The molecule has 8 nitrogen and oxygen atoms in total. The summed E-state index contributed by atoms with van der Waals surface area (Å²) in [4.78, 5) is 14.9. The van der Waals surface area contributed by atoms with Crippen molar-refractivity contribution in [2.75, 3.05) is 20.2 Å². The molecule has 2 aliphatic rings. The van der Waals surface area contributed by atoms with Crippen LogP contribution in [-0.4, -0.2) is 54.5 Å². The predicted molar refractivity (Wildman–Crippen MR) is 135 cm³/mol. The molecule has 0 radical (unpaired) electrons. The Labute approximate surface area is 214 Å². The maximum absolute atomic E-state index is 15.0. The van der Waals surface area contributed by atoms with E-state index in [0.717, 1.165) is 43.8 Å². The predicted octanol–water partition coefficient (Wildman–Crippen LogP) is 4.20. The minimum atomic E-state index is -3.77. The Balaban J connectivity index is 1.31. The van der Waals surface area contributed by atoms with Crippen molar-refractivity contribution in [3.8, 4) is 5.75 Å². The lowest BCUT2D eigenvalue weighted by atomic mass is 10.0. The van der Waals surface area contributed by atoms with Crippen molar-refractivity contribution in [1.29, 1.82) is 0 Å². The maximum atomic E-state index is 15.0. The lowest BCUT2D eigenvalue weighted by Gasteiger charge is -2.32. The smallest absolute Gasteiger partial charge is 0.267 e. The number of carbonyl (C=O) groups excluding carboxylic acids is 1. The van der Waals surface area contributed by atoms with Gasteiger partial charge in [-0.25, -0.2) is 17.5 Å². The number of likely N-dealkylation sites (tertiary alicyclic amines) is 1. The summed E-state index contributed by atoms with van der Waals surface area (Å²) >= 11 is 6.20. The summed E-state index contributed by atoms with van der Waals surface area (Å²) in [6, 6.07) is 8.48. The molecule has 1 amide bonds. The lowest BCUT2D eigenvalue weighted by molar-refractivity contribution is 0.0977. The van der Waals surface area contributed by atoms with Gasteiger partial charge in [-0.3, -0.25) is 14.4 Å². The summed E-state index contributed by atoms with van der Waals surface area (Å²) in [7, 11) is -2.15. The highest BCUT2D eigenvalue weighted by molar-refractivity contribution is 7.91. The molecular weight excluding hydrogens is 507 g/mol. The summed E-state index contributed by atoms with van der Waals surface area (Å²) in [5.41, 5.74) is 2.05. The minimum Gasteiger partial charge on any atom is -0.497 e. The number of hydrogen-bond donors (Lipinski definition) is 1. The Hall–Kier alpha value is -2.69. The van der Waals surface area contributed by atoms with Crippen LogP contribution < -0.4 is 9.46 Å². The molecule has 1 aliphatic heterocycles. The lowest BCUT2D eigenvalue weighted by Crippen LogP contribution is -2.34. The molecule has 3 aromatic rings. The van der Waals surface area contributed by atoms with Crippen LogP contribution in [0.2, 0.25) is 5.02 Å². The van der Waals surface area contributed by atoms with E-state index in [9.17, 15) is 17.6 Å². The summed E-state index contributed by atoms with van der Waals surface area (Å²) in [5.74, 6) is -0.982. The van der Waals surface area contributed by atoms with Gasteiger partial charge in [-0.05, 0) is 62.4 Å². The molecule has 0 unspecified atom stereocenters. The first-order chi connectivity index (χ1) is 17.1. The molecule has 0 atom stereocenters. The van der Waals surface area contributed by atoms with E-state index in [-0.39, 0.29) is 11.6 Å². The van der Waals surface area contributed by atoms with Gasteiger partial charge in [-0.2, -0.15) is 5.10 Å². The van der Waals surface area contributed by atoms with E-state index in [1.54, 1.807) is 20.1 Å². The van der Waals surface area contributed by atoms with E-state index in [1.165, 1.54) is 12.1 Å². The van der Waals surface area contributed by atoms with Crippen molar-refractivity contribution in [3.05, 3.63) is 58.0 Å². The molecule has 2 aromatic carbocycles. The highest BCUT2D eigenvalue weighted by Gasteiger charge is 2.37. The van der Waals surface area contributed by atoms with Gasteiger partial charge in [0.15, 0.2) is 0 Å². The largest absolute Gasteiger partial charge is 0.497 e. The van der Waals surface area contributed by atoms with Gasteiger partial charge in [-0.1, -0.05) is 11.6 Å². The van der Waals surface area contributed by atoms with E-state index >= 15 is 0 Å². The van der Waals surface area contributed by atoms with Gasteiger partial charge in [0.2, 0.25) is 10.0 Å². The van der Waals surface area contributed by atoms with E-state index in [1.807, 2.05) is 21.5 Å². The second-order valence-corrected chi connectivity index (χ2v) is 12.0. The van der Waals surface area contributed by atoms with Crippen molar-refractivity contribution in [3.63, 3.8) is 0 Å². The fourth-order valence-corrected chi connectivity index (χ4v) is 6.36. The molecule has 1 aromatic heterocycles. The first-order valence-electron chi connectivity index (χ1n) is 11.9. The number of sulfonamides is 1. The van der Waals surface area contributed by atoms with Gasteiger partial charge in [-0.15, -0.1) is 0 Å². The Bertz CT molecular complexity index is 1430. The van der Waals surface area contributed by atoms with Crippen LogP contribution in [0.5, 0.6) is 5.75 Å². The second-order valence-electron chi connectivity index (χ2n) is 9.56. The number of benzene rings is 2. The fraction of sp³-hybridized carbons (Fsp3) is 0.440. The van der Waals surface area contributed by atoms with Crippen LogP contribution in [0.3, 0.4) is 0 Å². The summed E-state index contributed by atoms with van der Waals surface area (Å²) < 4.78 is 48.4. The molecule has 1 N–H and O–H groups in total. The van der Waals surface area contributed by atoms with Gasteiger partial charge in [0.05, 0.1) is 35.2 Å². The van der Waals surface area contributed by atoms with Crippen LogP contribution in [-0.2, 0) is 16.6 Å². The number of piperidine rings is 1. The quantitative estimate of drug-likeness (QED) is 0.488. The number of methoxy groups -OCH3 is 1. The second kappa shape index (κ2) is 9.64. The zero-order valence-corrected chi connectivity index (χ0v) is 21.7. The van der Waals surface area contributed by atoms with Crippen molar-refractivity contribution >= 4 is 38.4 Å². The van der Waals surface area contributed by atoms with Gasteiger partial charge in [0.1, 0.15) is 11.6 Å². The van der Waals surface area contributed by atoms with Crippen LogP contribution in [0.15, 0.2) is 30.3 Å². The van der Waals surface area contributed by atoms with Crippen LogP contribution >= 0.6 is 11.6 Å². The molecule has 1 saturated carbocycles. The number of carbonyl (C=O) groups is 1. The maximum Gasteiger partial charge on any atom is 0.267 e. The van der Waals surface area contributed by atoms with Gasteiger partial charge in [0.25, 0.3) is 5.91 Å². The van der Waals surface area contributed by atoms with Crippen molar-refractivity contribution in [2.24, 2.45) is 0 Å². The molecule has 36 heavy (non-hydrogen) atoms. The van der Waals surface area contributed by atoms with Crippen molar-refractivity contribution in [2.45, 2.75) is 50.4 Å². The van der Waals surface area contributed by atoms with Gasteiger partial charge >= 0.3 is 0 Å². The number of amides is 1. The molecule has 0 bridgehead atoms. The van der Waals surface area contributed by atoms with Gasteiger partial charge < -0.3 is 4.74 Å². The molecule has 11 heteroatoms. The molecule has 1 aliphatic carbocycles. The van der Waals surface area contributed by atoms with Crippen molar-refractivity contribution < 1.29 is 22.3 Å². The first kappa shape index (κ1) is 25.0. The zero-order valence-electron chi connectivity index (χ0n) is 20.1. The first-order valence-corrected chi connectivity index (χ1v) is 13.9. The summed E-state index contributed by atoms with van der Waals surface area (Å²) in [5, 5.41) is 5.37. The molecule has 5 rings (SSSR count). The Kier molecular flexibility index (Phi) is 6.69. The number of aromatic nitrogens is 2. The monoisotopic (exact) mass is 534 g/mol. The summed E-state index contributed by atoms with van der Waals surface area (Å²) in [6.07, 6.45) is 2.69. The Morgan fingerprint density at radius 1 is 1.17 bits per heavy atom. The number of hydrogen-bond acceptors (Lipinski definition) is 6. The highest BCUT2D eigenvalue weighted by Crippen LogP contribution is 2.32. The van der Waals surface area contributed by atoms with Crippen LogP contribution in [0.1, 0.15) is 53.3 Å².